The highest BCUT2D eigenvalue weighted by atomic mass is 16.5. The highest BCUT2D eigenvalue weighted by Crippen LogP contribution is 2.20. The fourth-order valence-electron chi connectivity index (χ4n) is 1.51. The third-order valence-corrected chi connectivity index (χ3v) is 2.42. The summed E-state index contributed by atoms with van der Waals surface area (Å²) in [6.07, 6.45) is 0. The summed E-state index contributed by atoms with van der Waals surface area (Å²) in [6, 6.07) is 13.6. The molecule has 0 heterocycles. The van der Waals surface area contributed by atoms with Crippen LogP contribution >= 0.6 is 0 Å². The molecule has 16 heavy (non-hydrogen) atoms. The lowest BCUT2D eigenvalue weighted by atomic mass is 10.1. The number of hydrogen-bond donors (Lipinski definition) is 2. The van der Waals surface area contributed by atoms with Gasteiger partial charge in [0.15, 0.2) is 0 Å². The van der Waals surface area contributed by atoms with Crippen LogP contribution in [-0.4, -0.2) is 24.4 Å². The van der Waals surface area contributed by atoms with E-state index in [2.05, 4.69) is 6.07 Å². The van der Waals surface area contributed by atoms with Gasteiger partial charge >= 0.3 is 0 Å². The highest BCUT2D eigenvalue weighted by Gasteiger charge is 2.02. The molecule has 0 saturated carbocycles. The topological polar surface area (TPSA) is 55.5 Å². The molecule has 1 unspecified atom stereocenters. The Bertz CT molecular complexity index is 470. The number of aliphatic hydroxyl groups excluding tert-OH is 1. The lowest BCUT2D eigenvalue weighted by molar-refractivity contribution is 0.207. The minimum atomic E-state index is -0.327. The number of aliphatic hydroxyl groups is 1. The molecule has 0 saturated heterocycles. The molecule has 3 heteroatoms. The molecule has 2 aromatic rings. The van der Waals surface area contributed by atoms with E-state index in [-0.39, 0.29) is 12.6 Å². The van der Waals surface area contributed by atoms with E-state index in [0.29, 0.717) is 6.61 Å². The summed E-state index contributed by atoms with van der Waals surface area (Å²) in [5.74, 6) is 0.780. The molecular weight excluding hydrogens is 202 g/mol. The van der Waals surface area contributed by atoms with Crippen LogP contribution in [0.4, 0.5) is 0 Å². The predicted octanol–water partition coefficient (Wildman–Crippen LogP) is 1.54. The maximum atomic E-state index is 8.78. The molecule has 1 atom stereocenters. The molecule has 0 aliphatic carbocycles. The van der Waals surface area contributed by atoms with E-state index in [1.165, 1.54) is 5.39 Å². The molecule has 0 aliphatic rings. The van der Waals surface area contributed by atoms with E-state index in [4.69, 9.17) is 15.6 Å². The number of hydrogen-bond acceptors (Lipinski definition) is 3. The third kappa shape index (κ3) is 2.51. The normalized spacial score (nSPS) is 12.6. The lowest BCUT2D eigenvalue weighted by Crippen LogP contribution is -2.31. The molecule has 84 valence electrons. The van der Waals surface area contributed by atoms with Crippen LogP contribution in [0.15, 0.2) is 42.5 Å². The second kappa shape index (κ2) is 4.96. The molecule has 2 rings (SSSR count). The average Bonchev–Trinajstić information content (AvgIpc) is 2.35. The number of ether oxygens (including phenoxy) is 1. The summed E-state index contributed by atoms with van der Waals surface area (Å²) in [6.45, 7) is 0.266. The van der Waals surface area contributed by atoms with Crippen molar-refractivity contribution in [1.29, 1.82) is 0 Å². The van der Waals surface area contributed by atoms with Crippen molar-refractivity contribution in [2.45, 2.75) is 6.04 Å². The van der Waals surface area contributed by atoms with Gasteiger partial charge in [-0.1, -0.05) is 30.3 Å². The minimum absolute atomic E-state index is 0.0619. The molecule has 2 aromatic carbocycles. The highest BCUT2D eigenvalue weighted by molar-refractivity contribution is 5.83. The summed E-state index contributed by atoms with van der Waals surface area (Å²) < 4.78 is 5.48. The second-order valence-electron chi connectivity index (χ2n) is 3.76. The Balaban J connectivity index is 2.13. The molecule has 0 radical (unpaired) electrons. The summed E-state index contributed by atoms with van der Waals surface area (Å²) in [4.78, 5) is 0. The molecule has 3 nitrogen and oxygen atoms in total. The predicted molar refractivity (Wildman–Crippen MR) is 64.5 cm³/mol. The Morgan fingerprint density at radius 2 is 1.88 bits per heavy atom. The van der Waals surface area contributed by atoms with Gasteiger partial charge in [-0.25, -0.2) is 0 Å². The first-order chi connectivity index (χ1) is 7.79. The van der Waals surface area contributed by atoms with Crippen molar-refractivity contribution in [2.75, 3.05) is 13.2 Å². The molecule has 0 aliphatic heterocycles. The van der Waals surface area contributed by atoms with E-state index in [1.807, 2.05) is 36.4 Å². The van der Waals surface area contributed by atoms with Gasteiger partial charge in [-0.3, -0.25) is 0 Å². The van der Waals surface area contributed by atoms with Crippen molar-refractivity contribution in [3.05, 3.63) is 42.5 Å². The average molecular weight is 217 g/mol. The van der Waals surface area contributed by atoms with Gasteiger partial charge in [0, 0.05) is 0 Å². The van der Waals surface area contributed by atoms with Gasteiger partial charge in [0.1, 0.15) is 12.4 Å². The van der Waals surface area contributed by atoms with Crippen LogP contribution in [-0.2, 0) is 0 Å². The van der Waals surface area contributed by atoms with E-state index < -0.39 is 0 Å². The van der Waals surface area contributed by atoms with Crippen molar-refractivity contribution in [2.24, 2.45) is 5.73 Å². The molecule has 0 spiro atoms. The Morgan fingerprint density at radius 1 is 1.12 bits per heavy atom. The molecular formula is C13H15NO2. The van der Waals surface area contributed by atoms with Gasteiger partial charge in [0.2, 0.25) is 0 Å². The maximum Gasteiger partial charge on any atom is 0.120 e. The van der Waals surface area contributed by atoms with Gasteiger partial charge in [-0.05, 0) is 22.9 Å². The van der Waals surface area contributed by atoms with Gasteiger partial charge in [-0.2, -0.15) is 0 Å². The van der Waals surface area contributed by atoms with Crippen LogP contribution in [0.5, 0.6) is 5.75 Å². The van der Waals surface area contributed by atoms with Crippen molar-refractivity contribution in [1.82, 2.24) is 0 Å². The molecule has 0 bridgehead atoms. The minimum Gasteiger partial charge on any atom is -0.492 e. The quantitative estimate of drug-likeness (QED) is 0.816. The van der Waals surface area contributed by atoms with E-state index in [1.54, 1.807) is 0 Å². The van der Waals surface area contributed by atoms with Crippen molar-refractivity contribution in [3.8, 4) is 5.75 Å². The Labute approximate surface area is 94.5 Å². The first-order valence-electron chi connectivity index (χ1n) is 5.27. The molecule has 0 amide bonds. The van der Waals surface area contributed by atoms with Gasteiger partial charge < -0.3 is 15.6 Å². The molecule has 3 N–H and O–H groups in total. The van der Waals surface area contributed by atoms with Crippen LogP contribution < -0.4 is 10.5 Å². The van der Waals surface area contributed by atoms with Gasteiger partial charge in [0.25, 0.3) is 0 Å². The zero-order chi connectivity index (χ0) is 11.4. The smallest absolute Gasteiger partial charge is 0.120 e. The number of fused-ring (bicyclic) bond motifs is 1. The first kappa shape index (κ1) is 10.9. The number of nitrogens with two attached hydrogens (primary N) is 1. The largest absolute Gasteiger partial charge is 0.492 e. The lowest BCUT2D eigenvalue weighted by Gasteiger charge is -2.10. The summed E-state index contributed by atoms with van der Waals surface area (Å²) in [7, 11) is 0. The number of rotatable bonds is 4. The molecule has 0 aromatic heterocycles. The Morgan fingerprint density at radius 3 is 2.62 bits per heavy atom. The van der Waals surface area contributed by atoms with Crippen molar-refractivity contribution >= 4 is 10.8 Å². The van der Waals surface area contributed by atoms with Crippen LogP contribution in [0.3, 0.4) is 0 Å². The third-order valence-electron chi connectivity index (χ3n) is 2.42. The fourth-order valence-corrected chi connectivity index (χ4v) is 1.51. The van der Waals surface area contributed by atoms with Crippen LogP contribution in [0, 0.1) is 0 Å². The summed E-state index contributed by atoms with van der Waals surface area (Å²) >= 11 is 0. The van der Waals surface area contributed by atoms with E-state index >= 15 is 0 Å². The van der Waals surface area contributed by atoms with E-state index in [9.17, 15) is 0 Å². The van der Waals surface area contributed by atoms with Crippen LogP contribution in [0.25, 0.3) is 10.8 Å². The zero-order valence-corrected chi connectivity index (χ0v) is 8.97. The monoisotopic (exact) mass is 217 g/mol. The maximum absolute atomic E-state index is 8.78. The van der Waals surface area contributed by atoms with Crippen LogP contribution in [0.2, 0.25) is 0 Å². The summed E-state index contributed by atoms with van der Waals surface area (Å²) in [5, 5.41) is 11.1. The van der Waals surface area contributed by atoms with Gasteiger partial charge in [-0.15, -0.1) is 0 Å². The number of benzene rings is 2. The Kier molecular flexibility index (Phi) is 3.39. The Hall–Kier alpha value is -1.58. The standard InChI is InChI=1S/C13H15NO2/c14-12(8-15)9-16-13-6-5-10-3-1-2-4-11(10)7-13/h1-7,12,15H,8-9,14H2. The van der Waals surface area contributed by atoms with Gasteiger partial charge in [0.05, 0.1) is 12.6 Å². The zero-order valence-electron chi connectivity index (χ0n) is 8.97. The van der Waals surface area contributed by atoms with Crippen molar-refractivity contribution in [3.63, 3.8) is 0 Å². The summed E-state index contributed by atoms with van der Waals surface area (Å²) in [5.41, 5.74) is 5.56. The van der Waals surface area contributed by atoms with Crippen molar-refractivity contribution < 1.29 is 9.84 Å². The SMILES string of the molecule is NC(CO)COc1ccc2ccccc2c1. The van der Waals surface area contributed by atoms with Crippen LogP contribution in [0.1, 0.15) is 0 Å². The second-order valence-corrected chi connectivity index (χ2v) is 3.76. The molecule has 0 fully saturated rings. The fraction of sp³-hybridized carbons (Fsp3) is 0.231. The first-order valence-corrected chi connectivity index (χ1v) is 5.27. The van der Waals surface area contributed by atoms with E-state index in [0.717, 1.165) is 11.1 Å².